The van der Waals surface area contributed by atoms with Crippen molar-refractivity contribution < 1.29 is 19.4 Å². The topological polar surface area (TPSA) is 79.7 Å². The molecule has 0 saturated carbocycles. The number of para-hydroxylation sites is 1. The molecule has 3 rings (SSSR count). The van der Waals surface area contributed by atoms with Crippen LogP contribution in [0.2, 0.25) is 0 Å². The number of esters is 1. The number of aliphatic hydroxyl groups is 1. The molecule has 2 aromatic rings. The number of ether oxygens (including phenoxy) is 1. The number of hydrogen-bond acceptors (Lipinski definition) is 5. The molecule has 0 aliphatic carbocycles. The van der Waals surface area contributed by atoms with E-state index in [2.05, 4.69) is 4.98 Å². The molecule has 0 spiro atoms. The Morgan fingerprint density at radius 1 is 1.29 bits per heavy atom. The summed E-state index contributed by atoms with van der Waals surface area (Å²) >= 11 is 0. The molecule has 1 aromatic carbocycles. The van der Waals surface area contributed by atoms with Crippen LogP contribution in [0.15, 0.2) is 54.4 Å². The highest BCUT2D eigenvalue weighted by atomic mass is 16.5. The minimum absolute atomic E-state index is 0.0383. The lowest BCUT2D eigenvalue weighted by atomic mass is 10.1. The minimum atomic E-state index is -0.709. The van der Waals surface area contributed by atoms with E-state index in [1.165, 1.54) is 7.11 Å². The molecule has 1 aromatic heterocycles. The number of carbonyl (C=O) groups excluding carboxylic acids is 2. The van der Waals surface area contributed by atoms with Crippen LogP contribution in [0.4, 0.5) is 5.69 Å². The summed E-state index contributed by atoms with van der Waals surface area (Å²) in [5.74, 6) is -1.23. The zero-order chi connectivity index (χ0) is 17.1. The van der Waals surface area contributed by atoms with Crippen LogP contribution < -0.4 is 4.90 Å². The van der Waals surface area contributed by atoms with E-state index < -0.39 is 5.97 Å². The maximum absolute atomic E-state index is 12.7. The average Bonchev–Trinajstić information content (AvgIpc) is 2.72. The normalized spacial score (nSPS) is 14.2. The van der Waals surface area contributed by atoms with Gasteiger partial charge in [0, 0.05) is 18.0 Å². The van der Waals surface area contributed by atoms with Gasteiger partial charge in [-0.25, -0.2) is 4.79 Å². The Morgan fingerprint density at radius 2 is 2.08 bits per heavy atom. The van der Waals surface area contributed by atoms with E-state index in [0.717, 1.165) is 5.56 Å². The molecule has 2 heterocycles. The predicted octanol–water partition coefficient (Wildman–Crippen LogP) is 2.46. The van der Waals surface area contributed by atoms with Crippen molar-refractivity contribution in [2.24, 2.45) is 0 Å². The minimum Gasteiger partial charge on any atom is -0.507 e. The molecule has 6 heteroatoms. The van der Waals surface area contributed by atoms with Crippen LogP contribution in [0.1, 0.15) is 17.5 Å². The molecule has 24 heavy (non-hydrogen) atoms. The van der Waals surface area contributed by atoms with Crippen LogP contribution in [-0.4, -0.2) is 29.1 Å². The Bertz CT molecular complexity index is 815. The number of amides is 1. The first-order valence-electron chi connectivity index (χ1n) is 7.41. The SMILES string of the molecule is COC(=O)C1=C(O)c2ccccc2N(Cc2cccnc2)C(=O)C1. The van der Waals surface area contributed by atoms with E-state index in [9.17, 15) is 14.7 Å². The third kappa shape index (κ3) is 2.86. The van der Waals surface area contributed by atoms with Crippen LogP contribution in [0.25, 0.3) is 5.76 Å². The van der Waals surface area contributed by atoms with Gasteiger partial charge in [-0.05, 0) is 23.8 Å². The number of anilines is 1. The van der Waals surface area contributed by atoms with Gasteiger partial charge in [0.25, 0.3) is 0 Å². The average molecular weight is 324 g/mol. The van der Waals surface area contributed by atoms with Gasteiger partial charge in [0.05, 0.1) is 31.3 Å². The van der Waals surface area contributed by atoms with E-state index in [0.29, 0.717) is 17.8 Å². The number of benzene rings is 1. The van der Waals surface area contributed by atoms with Crippen LogP contribution in [-0.2, 0) is 20.9 Å². The molecule has 1 amide bonds. The zero-order valence-electron chi connectivity index (χ0n) is 13.1. The van der Waals surface area contributed by atoms with Gasteiger partial charge >= 0.3 is 5.97 Å². The van der Waals surface area contributed by atoms with Crippen molar-refractivity contribution in [3.63, 3.8) is 0 Å². The molecular weight excluding hydrogens is 308 g/mol. The van der Waals surface area contributed by atoms with Gasteiger partial charge in [0.15, 0.2) is 0 Å². The predicted molar refractivity (Wildman–Crippen MR) is 88.1 cm³/mol. The highest BCUT2D eigenvalue weighted by molar-refractivity contribution is 6.09. The highest BCUT2D eigenvalue weighted by Gasteiger charge is 2.31. The summed E-state index contributed by atoms with van der Waals surface area (Å²) in [7, 11) is 1.22. The Balaban J connectivity index is 2.08. The molecule has 0 atom stereocenters. The van der Waals surface area contributed by atoms with Gasteiger partial charge in [0.1, 0.15) is 5.76 Å². The van der Waals surface area contributed by atoms with Gasteiger partial charge in [0.2, 0.25) is 5.91 Å². The van der Waals surface area contributed by atoms with Crippen LogP contribution in [0.5, 0.6) is 0 Å². The summed E-state index contributed by atoms with van der Waals surface area (Å²) in [6, 6.07) is 10.6. The maximum atomic E-state index is 12.7. The van der Waals surface area contributed by atoms with Gasteiger partial charge in [-0.2, -0.15) is 0 Å². The van der Waals surface area contributed by atoms with E-state index in [-0.39, 0.29) is 23.7 Å². The summed E-state index contributed by atoms with van der Waals surface area (Å²) in [6.07, 6.45) is 3.10. The number of pyridine rings is 1. The first kappa shape index (κ1) is 15.7. The highest BCUT2D eigenvalue weighted by Crippen LogP contribution is 2.34. The van der Waals surface area contributed by atoms with Crippen molar-refractivity contribution in [1.82, 2.24) is 4.98 Å². The van der Waals surface area contributed by atoms with E-state index >= 15 is 0 Å². The molecule has 1 N–H and O–H groups in total. The Kier molecular flexibility index (Phi) is 4.29. The third-order valence-electron chi connectivity index (χ3n) is 3.86. The monoisotopic (exact) mass is 324 g/mol. The first-order valence-corrected chi connectivity index (χ1v) is 7.41. The van der Waals surface area contributed by atoms with E-state index in [1.807, 2.05) is 6.07 Å². The van der Waals surface area contributed by atoms with Gasteiger partial charge < -0.3 is 14.7 Å². The summed E-state index contributed by atoms with van der Waals surface area (Å²) in [5.41, 5.74) is 1.78. The van der Waals surface area contributed by atoms with Gasteiger partial charge in [-0.3, -0.25) is 9.78 Å². The summed E-state index contributed by atoms with van der Waals surface area (Å²) in [6.45, 7) is 0.297. The summed E-state index contributed by atoms with van der Waals surface area (Å²) < 4.78 is 4.69. The number of methoxy groups -OCH3 is 1. The molecule has 0 saturated heterocycles. The molecule has 0 unspecified atom stereocenters. The number of nitrogens with zero attached hydrogens (tertiary/aromatic N) is 2. The lowest BCUT2D eigenvalue weighted by Gasteiger charge is -2.23. The van der Waals surface area contributed by atoms with Crippen molar-refractivity contribution in [2.75, 3.05) is 12.0 Å². The third-order valence-corrected chi connectivity index (χ3v) is 3.86. The first-order chi connectivity index (χ1) is 11.6. The number of rotatable bonds is 3. The molecule has 122 valence electrons. The number of aromatic nitrogens is 1. The second kappa shape index (κ2) is 6.54. The number of aliphatic hydroxyl groups excluding tert-OH is 1. The maximum Gasteiger partial charge on any atom is 0.338 e. The fourth-order valence-corrected chi connectivity index (χ4v) is 2.68. The Morgan fingerprint density at radius 3 is 2.79 bits per heavy atom. The second-order valence-electron chi connectivity index (χ2n) is 5.35. The number of hydrogen-bond donors (Lipinski definition) is 1. The largest absolute Gasteiger partial charge is 0.507 e. The molecule has 6 nitrogen and oxygen atoms in total. The molecule has 0 fully saturated rings. The van der Waals surface area contributed by atoms with E-state index in [4.69, 9.17) is 4.74 Å². The number of fused-ring (bicyclic) bond motifs is 1. The molecule has 0 radical (unpaired) electrons. The van der Waals surface area contributed by atoms with Crippen molar-refractivity contribution in [2.45, 2.75) is 13.0 Å². The van der Waals surface area contributed by atoms with Crippen LogP contribution in [0.3, 0.4) is 0 Å². The molecule has 1 aliphatic heterocycles. The zero-order valence-corrected chi connectivity index (χ0v) is 13.1. The second-order valence-corrected chi connectivity index (χ2v) is 5.35. The summed E-state index contributed by atoms with van der Waals surface area (Å²) in [4.78, 5) is 30.2. The van der Waals surface area contributed by atoms with Crippen molar-refractivity contribution in [1.29, 1.82) is 0 Å². The van der Waals surface area contributed by atoms with Crippen LogP contribution in [0, 0.1) is 0 Å². The number of carbonyl (C=O) groups is 2. The van der Waals surface area contributed by atoms with Crippen molar-refractivity contribution >= 4 is 23.3 Å². The quantitative estimate of drug-likeness (QED) is 0.877. The van der Waals surface area contributed by atoms with Gasteiger partial charge in [-0.1, -0.05) is 18.2 Å². The fourth-order valence-electron chi connectivity index (χ4n) is 2.68. The molecular formula is C18H16N2O4. The van der Waals surface area contributed by atoms with Crippen molar-refractivity contribution in [3.8, 4) is 0 Å². The molecule has 1 aliphatic rings. The lowest BCUT2D eigenvalue weighted by molar-refractivity contribution is -0.137. The fraction of sp³-hybridized carbons (Fsp3) is 0.167. The standard InChI is InChI=1S/C18H16N2O4/c1-24-18(23)14-9-16(21)20(11-12-5-4-8-19-10-12)15-7-3-2-6-13(15)17(14)22/h2-8,10,22H,9,11H2,1H3. The van der Waals surface area contributed by atoms with Gasteiger partial charge in [-0.15, -0.1) is 0 Å². The smallest absolute Gasteiger partial charge is 0.338 e. The Hall–Kier alpha value is -3.15. The van der Waals surface area contributed by atoms with Crippen molar-refractivity contribution in [3.05, 3.63) is 65.5 Å². The lowest BCUT2D eigenvalue weighted by Crippen LogP contribution is -2.30. The van der Waals surface area contributed by atoms with E-state index in [1.54, 1.807) is 47.6 Å². The Labute approximate surface area is 139 Å². The molecule has 0 bridgehead atoms. The van der Waals surface area contributed by atoms with Crippen LogP contribution >= 0.6 is 0 Å². The summed E-state index contributed by atoms with van der Waals surface area (Å²) in [5, 5.41) is 10.5.